The van der Waals surface area contributed by atoms with Gasteiger partial charge >= 0.3 is 18.3 Å². The van der Waals surface area contributed by atoms with Crippen LogP contribution in [0.5, 0.6) is 0 Å². The fourth-order valence-corrected chi connectivity index (χ4v) is 2.42. The number of rotatable bonds is 10. The number of amides is 2. The largest absolute Gasteiger partial charge is 0.508 e. The summed E-state index contributed by atoms with van der Waals surface area (Å²) in [6, 6.07) is 0. The van der Waals surface area contributed by atoms with E-state index in [1.165, 1.54) is 0 Å². The lowest BCUT2D eigenvalue weighted by Gasteiger charge is -2.12. The van der Waals surface area contributed by atoms with E-state index in [1.54, 1.807) is 9.80 Å². The fourth-order valence-electron chi connectivity index (χ4n) is 2.42. The molecule has 0 atom stereocenters. The van der Waals surface area contributed by atoms with Crippen LogP contribution in [0.4, 0.5) is 14.4 Å². The molecule has 136 valence electrons. The van der Waals surface area contributed by atoms with E-state index < -0.39 is 6.16 Å². The van der Waals surface area contributed by atoms with E-state index in [0.29, 0.717) is 52.2 Å². The highest BCUT2D eigenvalue weighted by atomic mass is 16.7. The lowest BCUT2D eigenvalue weighted by atomic mass is 10.3. The van der Waals surface area contributed by atoms with Crippen LogP contribution in [0.3, 0.4) is 0 Å². The van der Waals surface area contributed by atoms with Crippen molar-refractivity contribution < 1.29 is 33.3 Å². The summed E-state index contributed by atoms with van der Waals surface area (Å²) in [5, 5.41) is 0. The number of hydrogen-bond donors (Lipinski definition) is 0. The van der Waals surface area contributed by atoms with Crippen molar-refractivity contribution in [2.75, 3.05) is 52.6 Å². The van der Waals surface area contributed by atoms with Gasteiger partial charge in [-0.25, -0.2) is 14.4 Å². The van der Waals surface area contributed by atoms with Crippen molar-refractivity contribution >= 4 is 18.3 Å². The van der Waals surface area contributed by atoms with Gasteiger partial charge in [-0.15, -0.1) is 0 Å². The van der Waals surface area contributed by atoms with Crippen molar-refractivity contribution in [3.05, 3.63) is 0 Å². The average Bonchev–Trinajstić information content (AvgIpc) is 3.15. The quantitative estimate of drug-likeness (QED) is 0.337. The van der Waals surface area contributed by atoms with Crippen LogP contribution in [-0.2, 0) is 18.9 Å². The van der Waals surface area contributed by atoms with Crippen molar-refractivity contribution in [2.24, 2.45) is 0 Å². The summed E-state index contributed by atoms with van der Waals surface area (Å²) in [5.74, 6) is 0. The zero-order valence-electron chi connectivity index (χ0n) is 13.7. The van der Waals surface area contributed by atoms with Crippen LogP contribution in [-0.4, -0.2) is 80.7 Å². The van der Waals surface area contributed by atoms with Crippen LogP contribution in [0.2, 0.25) is 0 Å². The number of cyclic esters (lactones) is 2. The van der Waals surface area contributed by atoms with Crippen molar-refractivity contribution in [3.63, 3.8) is 0 Å². The van der Waals surface area contributed by atoms with Crippen molar-refractivity contribution in [1.29, 1.82) is 0 Å². The molecule has 0 aromatic rings. The molecule has 0 aliphatic carbocycles. The highest BCUT2D eigenvalue weighted by molar-refractivity contribution is 5.69. The van der Waals surface area contributed by atoms with Gasteiger partial charge in [0.05, 0.1) is 26.3 Å². The monoisotopic (exact) mass is 344 g/mol. The normalized spacial score (nSPS) is 17.0. The standard InChI is InChI=1S/C15H24N2O7/c18-13-16(7-11-21-13)5-1-3-9-23-15(20)24-10-4-2-6-17-8-12-22-14(17)19/h1-12H2. The second-order valence-corrected chi connectivity index (χ2v) is 5.56. The molecule has 0 unspecified atom stereocenters. The average molecular weight is 344 g/mol. The summed E-state index contributed by atoms with van der Waals surface area (Å²) in [6.45, 7) is 3.88. The van der Waals surface area contributed by atoms with E-state index in [1.807, 2.05) is 0 Å². The minimum atomic E-state index is -0.684. The topological polar surface area (TPSA) is 94.6 Å². The molecule has 0 saturated carbocycles. The first-order valence-corrected chi connectivity index (χ1v) is 8.30. The van der Waals surface area contributed by atoms with Gasteiger partial charge in [0.1, 0.15) is 13.2 Å². The second-order valence-electron chi connectivity index (χ2n) is 5.56. The van der Waals surface area contributed by atoms with Gasteiger partial charge in [-0.1, -0.05) is 0 Å². The molecule has 9 heteroatoms. The highest BCUT2D eigenvalue weighted by Gasteiger charge is 2.21. The first-order valence-electron chi connectivity index (χ1n) is 8.30. The predicted molar refractivity (Wildman–Crippen MR) is 81.6 cm³/mol. The summed E-state index contributed by atoms with van der Waals surface area (Å²) >= 11 is 0. The van der Waals surface area contributed by atoms with E-state index >= 15 is 0 Å². The van der Waals surface area contributed by atoms with E-state index in [0.717, 1.165) is 12.8 Å². The molecule has 0 radical (unpaired) electrons. The lowest BCUT2D eigenvalue weighted by Crippen LogP contribution is -2.25. The summed E-state index contributed by atoms with van der Waals surface area (Å²) in [5.41, 5.74) is 0. The van der Waals surface area contributed by atoms with Gasteiger partial charge in [0, 0.05) is 13.1 Å². The minimum absolute atomic E-state index is 0.265. The molecule has 0 aromatic heterocycles. The Hall–Kier alpha value is -2.19. The number of unbranched alkanes of at least 4 members (excludes halogenated alkanes) is 2. The zero-order chi connectivity index (χ0) is 17.2. The number of nitrogens with zero attached hydrogens (tertiary/aromatic N) is 2. The maximum atomic E-state index is 11.4. The van der Waals surface area contributed by atoms with E-state index in [9.17, 15) is 14.4 Å². The molecule has 9 nitrogen and oxygen atoms in total. The molecule has 2 heterocycles. The molecule has 0 aromatic carbocycles. The Balaban J connectivity index is 1.38. The van der Waals surface area contributed by atoms with Gasteiger partial charge < -0.3 is 28.7 Å². The third kappa shape index (κ3) is 6.13. The fraction of sp³-hybridized carbons (Fsp3) is 0.800. The Kier molecular flexibility index (Phi) is 7.44. The molecule has 2 saturated heterocycles. The molecule has 2 amide bonds. The van der Waals surface area contributed by atoms with Gasteiger partial charge in [-0.2, -0.15) is 0 Å². The SMILES string of the molecule is O=C(OCCCCN1CCOC1=O)OCCCCN1CCOC1=O. The maximum absolute atomic E-state index is 11.4. The first kappa shape index (κ1) is 18.2. The summed E-state index contributed by atoms with van der Waals surface area (Å²) in [7, 11) is 0. The van der Waals surface area contributed by atoms with Crippen LogP contribution >= 0.6 is 0 Å². The number of carbonyl (C=O) groups is 3. The van der Waals surface area contributed by atoms with E-state index in [-0.39, 0.29) is 25.4 Å². The van der Waals surface area contributed by atoms with Gasteiger partial charge in [0.25, 0.3) is 0 Å². The van der Waals surface area contributed by atoms with E-state index in [4.69, 9.17) is 18.9 Å². The number of ether oxygens (including phenoxy) is 4. The van der Waals surface area contributed by atoms with Crippen LogP contribution < -0.4 is 0 Å². The van der Waals surface area contributed by atoms with Crippen LogP contribution in [0, 0.1) is 0 Å². The number of carbonyl (C=O) groups excluding carboxylic acids is 3. The van der Waals surface area contributed by atoms with E-state index in [2.05, 4.69) is 0 Å². The Bertz CT molecular complexity index is 406. The zero-order valence-corrected chi connectivity index (χ0v) is 13.7. The highest BCUT2D eigenvalue weighted by Crippen LogP contribution is 2.06. The summed E-state index contributed by atoms with van der Waals surface area (Å²) in [4.78, 5) is 37.0. The van der Waals surface area contributed by atoms with Gasteiger partial charge in [0.15, 0.2) is 0 Å². The molecule has 24 heavy (non-hydrogen) atoms. The lowest BCUT2D eigenvalue weighted by molar-refractivity contribution is 0.0522. The molecular weight excluding hydrogens is 320 g/mol. The Morgan fingerprint density at radius 2 is 1.29 bits per heavy atom. The number of hydrogen-bond acceptors (Lipinski definition) is 7. The summed E-state index contributed by atoms with van der Waals surface area (Å²) in [6.07, 6.45) is 1.57. The molecular formula is C15H24N2O7. The molecule has 2 rings (SSSR count). The molecule has 2 fully saturated rings. The van der Waals surface area contributed by atoms with Crippen molar-refractivity contribution in [1.82, 2.24) is 9.80 Å². The van der Waals surface area contributed by atoms with Crippen molar-refractivity contribution in [3.8, 4) is 0 Å². The van der Waals surface area contributed by atoms with Crippen molar-refractivity contribution in [2.45, 2.75) is 25.7 Å². The van der Waals surface area contributed by atoms with Crippen LogP contribution in [0.1, 0.15) is 25.7 Å². The minimum Gasteiger partial charge on any atom is -0.448 e. The van der Waals surface area contributed by atoms with Gasteiger partial charge in [-0.3, -0.25) is 0 Å². The Morgan fingerprint density at radius 3 is 1.67 bits per heavy atom. The third-order valence-corrected chi connectivity index (χ3v) is 3.77. The molecule has 0 N–H and O–H groups in total. The summed E-state index contributed by atoms with van der Waals surface area (Å²) < 4.78 is 19.5. The Labute approximate surface area is 140 Å². The molecule has 0 spiro atoms. The maximum Gasteiger partial charge on any atom is 0.508 e. The van der Waals surface area contributed by atoms with Crippen LogP contribution in [0.15, 0.2) is 0 Å². The van der Waals surface area contributed by atoms with Crippen LogP contribution in [0.25, 0.3) is 0 Å². The van der Waals surface area contributed by atoms with Gasteiger partial charge in [0.2, 0.25) is 0 Å². The first-order chi connectivity index (χ1) is 11.7. The molecule has 0 bridgehead atoms. The predicted octanol–water partition coefficient (Wildman–Crippen LogP) is 1.60. The second kappa shape index (κ2) is 9.84. The molecule has 2 aliphatic heterocycles. The smallest absolute Gasteiger partial charge is 0.448 e. The van der Waals surface area contributed by atoms with Gasteiger partial charge in [-0.05, 0) is 25.7 Å². The Morgan fingerprint density at radius 1 is 0.833 bits per heavy atom. The third-order valence-electron chi connectivity index (χ3n) is 3.77. The molecule has 2 aliphatic rings.